The maximum absolute atomic E-state index is 10.1. The SMILES string of the molecule is CSCC[C@H](N)CCC(=O)O. The smallest absolute Gasteiger partial charge is 0.303 e. The summed E-state index contributed by atoms with van der Waals surface area (Å²) in [7, 11) is 0. The Hall–Kier alpha value is -0.220. The molecule has 0 aromatic carbocycles. The van der Waals surface area contributed by atoms with E-state index in [9.17, 15) is 4.79 Å². The van der Waals surface area contributed by atoms with E-state index in [1.54, 1.807) is 11.8 Å². The number of carboxylic acid groups (broad SMARTS) is 1. The molecule has 0 aliphatic heterocycles. The predicted octanol–water partition coefficient (Wildman–Crippen LogP) is 0.932. The maximum atomic E-state index is 10.1. The van der Waals surface area contributed by atoms with Gasteiger partial charge in [-0.05, 0) is 24.9 Å². The molecule has 0 rings (SSSR count). The van der Waals surface area contributed by atoms with Crippen LogP contribution >= 0.6 is 11.8 Å². The molecule has 0 saturated heterocycles. The molecule has 0 saturated carbocycles. The van der Waals surface area contributed by atoms with Crippen molar-refractivity contribution in [1.29, 1.82) is 0 Å². The van der Waals surface area contributed by atoms with Gasteiger partial charge in [-0.2, -0.15) is 11.8 Å². The summed E-state index contributed by atoms with van der Waals surface area (Å²) in [6, 6.07) is 0.0542. The number of rotatable bonds is 6. The van der Waals surface area contributed by atoms with Crippen molar-refractivity contribution >= 4 is 17.7 Å². The minimum Gasteiger partial charge on any atom is -0.481 e. The van der Waals surface area contributed by atoms with Crippen LogP contribution in [-0.2, 0) is 4.79 Å². The lowest BCUT2D eigenvalue weighted by molar-refractivity contribution is -0.137. The van der Waals surface area contributed by atoms with E-state index in [1.165, 1.54) is 0 Å². The molecule has 66 valence electrons. The highest BCUT2D eigenvalue weighted by Crippen LogP contribution is 2.03. The molecule has 3 nitrogen and oxygen atoms in total. The maximum Gasteiger partial charge on any atom is 0.303 e. The van der Waals surface area contributed by atoms with Crippen molar-refractivity contribution in [3.05, 3.63) is 0 Å². The largest absolute Gasteiger partial charge is 0.481 e. The number of thioether (sulfide) groups is 1. The number of nitrogens with two attached hydrogens (primary N) is 1. The molecule has 0 aromatic rings. The summed E-state index contributed by atoms with van der Waals surface area (Å²) >= 11 is 1.74. The van der Waals surface area contributed by atoms with Gasteiger partial charge in [-0.3, -0.25) is 4.79 Å². The number of hydrogen-bond donors (Lipinski definition) is 2. The molecule has 0 aliphatic carbocycles. The minimum atomic E-state index is -0.760. The van der Waals surface area contributed by atoms with Gasteiger partial charge in [-0.1, -0.05) is 0 Å². The van der Waals surface area contributed by atoms with Crippen LogP contribution in [0.4, 0.5) is 0 Å². The van der Waals surface area contributed by atoms with Crippen LogP contribution in [-0.4, -0.2) is 29.1 Å². The molecular weight excluding hydrogens is 162 g/mol. The summed E-state index contributed by atoms with van der Waals surface area (Å²) in [6.45, 7) is 0. The van der Waals surface area contributed by atoms with E-state index >= 15 is 0 Å². The Labute approximate surface area is 71.3 Å². The second kappa shape index (κ2) is 6.49. The van der Waals surface area contributed by atoms with Crippen LogP contribution < -0.4 is 5.73 Å². The van der Waals surface area contributed by atoms with Gasteiger partial charge in [-0.15, -0.1) is 0 Å². The first-order chi connectivity index (χ1) is 5.16. The summed E-state index contributed by atoms with van der Waals surface area (Å²) in [4.78, 5) is 10.1. The van der Waals surface area contributed by atoms with Crippen molar-refractivity contribution in [3.63, 3.8) is 0 Å². The van der Waals surface area contributed by atoms with Crippen molar-refractivity contribution < 1.29 is 9.90 Å². The van der Waals surface area contributed by atoms with Gasteiger partial charge in [0.2, 0.25) is 0 Å². The lowest BCUT2D eigenvalue weighted by Gasteiger charge is -2.07. The first-order valence-corrected chi connectivity index (χ1v) is 5.02. The topological polar surface area (TPSA) is 63.3 Å². The van der Waals surface area contributed by atoms with E-state index in [0.717, 1.165) is 12.2 Å². The summed E-state index contributed by atoms with van der Waals surface area (Å²) in [6.07, 6.45) is 3.71. The van der Waals surface area contributed by atoms with E-state index in [-0.39, 0.29) is 12.5 Å². The molecule has 0 unspecified atom stereocenters. The van der Waals surface area contributed by atoms with Crippen molar-refractivity contribution in [3.8, 4) is 0 Å². The van der Waals surface area contributed by atoms with Crippen molar-refractivity contribution in [2.24, 2.45) is 5.73 Å². The zero-order valence-corrected chi connectivity index (χ0v) is 7.56. The second-order valence-corrected chi connectivity index (χ2v) is 3.46. The monoisotopic (exact) mass is 177 g/mol. The van der Waals surface area contributed by atoms with Gasteiger partial charge in [0.05, 0.1) is 0 Å². The Balaban J connectivity index is 3.22. The molecule has 1 atom stereocenters. The van der Waals surface area contributed by atoms with Crippen LogP contribution in [0.2, 0.25) is 0 Å². The van der Waals surface area contributed by atoms with E-state index in [2.05, 4.69) is 0 Å². The molecule has 3 N–H and O–H groups in total. The Morgan fingerprint density at radius 2 is 2.27 bits per heavy atom. The van der Waals surface area contributed by atoms with E-state index in [0.29, 0.717) is 6.42 Å². The molecular formula is C7H15NO2S. The Morgan fingerprint density at radius 1 is 1.64 bits per heavy atom. The molecule has 0 amide bonds. The fourth-order valence-corrected chi connectivity index (χ4v) is 1.26. The predicted molar refractivity (Wildman–Crippen MR) is 47.8 cm³/mol. The second-order valence-electron chi connectivity index (χ2n) is 2.47. The van der Waals surface area contributed by atoms with Crippen molar-refractivity contribution in [2.75, 3.05) is 12.0 Å². The Bertz CT molecular complexity index is 119. The number of aliphatic carboxylic acids is 1. The highest BCUT2D eigenvalue weighted by atomic mass is 32.2. The molecule has 4 heteroatoms. The molecule has 0 bridgehead atoms. The van der Waals surface area contributed by atoms with Crippen LogP contribution in [0.3, 0.4) is 0 Å². The third-order valence-electron chi connectivity index (χ3n) is 1.42. The van der Waals surface area contributed by atoms with Gasteiger partial charge in [-0.25, -0.2) is 0 Å². The van der Waals surface area contributed by atoms with Crippen LogP contribution in [0.15, 0.2) is 0 Å². The third kappa shape index (κ3) is 7.68. The van der Waals surface area contributed by atoms with Gasteiger partial charge in [0.15, 0.2) is 0 Å². The molecule has 0 aromatic heterocycles. The third-order valence-corrected chi connectivity index (χ3v) is 2.07. The van der Waals surface area contributed by atoms with Crippen LogP contribution in [0.5, 0.6) is 0 Å². The van der Waals surface area contributed by atoms with E-state index in [1.807, 2.05) is 6.26 Å². The fourth-order valence-electron chi connectivity index (χ4n) is 0.722. The van der Waals surface area contributed by atoms with E-state index < -0.39 is 5.97 Å². The summed E-state index contributed by atoms with van der Waals surface area (Å²) in [5, 5.41) is 8.33. The number of carbonyl (C=O) groups is 1. The highest BCUT2D eigenvalue weighted by molar-refractivity contribution is 7.98. The average Bonchev–Trinajstić information content (AvgIpc) is 1.97. The molecule has 0 fully saturated rings. The highest BCUT2D eigenvalue weighted by Gasteiger charge is 2.04. The van der Waals surface area contributed by atoms with Gasteiger partial charge in [0, 0.05) is 12.5 Å². The fraction of sp³-hybridized carbons (Fsp3) is 0.857. The zero-order valence-electron chi connectivity index (χ0n) is 6.75. The van der Waals surface area contributed by atoms with Gasteiger partial charge >= 0.3 is 5.97 Å². The standard InChI is InChI=1S/C7H15NO2S/c1-11-5-4-6(8)2-3-7(9)10/h6H,2-5,8H2,1H3,(H,9,10)/t6-/m1/s1. The zero-order chi connectivity index (χ0) is 8.69. The normalized spacial score (nSPS) is 12.9. The van der Waals surface area contributed by atoms with Crippen molar-refractivity contribution in [2.45, 2.75) is 25.3 Å². The molecule has 0 heterocycles. The first kappa shape index (κ1) is 10.8. The molecule has 0 aliphatic rings. The van der Waals surface area contributed by atoms with E-state index in [4.69, 9.17) is 10.8 Å². The van der Waals surface area contributed by atoms with Gasteiger partial charge < -0.3 is 10.8 Å². The summed E-state index contributed by atoms with van der Waals surface area (Å²) in [5.74, 6) is 0.255. The number of carboxylic acids is 1. The Kier molecular flexibility index (Phi) is 6.36. The lowest BCUT2D eigenvalue weighted by atomic mass is 10.1. The van der Waals surface area contributed by atoms with Crippen LogP contribution in [0, 0.1) is 0 Å². The minimum absolute atomic E-state index is 0.0542. The molecule has 11 heavy (non-hydrogen) atoms. The average molecular weight is 177 g/mol. The quantitative estimate of drug-likeness (QED) is 0.633. The lowest BCUT2D eigenvalue weighted by Crippen LogP contribution is -2.21. The summed E-state index contributed by atoms with van der Waals surface area (Å²) < 4.78 is 0. The Morgan fingerprint density at radius 3 is 2.73 bits per heavy atom. The summed E-state index contributed by atoms with van der Waals surface area (Å²) in [5.41, 5.74) is 5.63. The first-order valence-electron chi connectivity index (χ1n) is 3.63. The van der Waals surface area contributed by atoms with Crippen LogP contribution in [0.25, 0.3) is 0 Å². The number of hydrogen-bond acceptors (Lipinski definition) is 3. The molecule has 0 radical (unpaired) electrons. The van der Waals surface area contributed by atoms with Crippen LogP contribution in [0.1, 0.15) is 19.3 Å². The van der Waals surface area contributed by atoms with Crippen molar-refractivity contribution in [1.82, 2.24) is 0 Å². The molecule has 0 spiro atoms. The van der Waals surface area contributed by atoms with Gasteiger partial charge in [0.25, 0.3) is 0 Å². The van der Waals surface area contributed by atoms with Gasteiger partial charge in [0.1, 0.15) is 0 Å².